The van der Waals surface area contributed by atoms with E-state index in [2.05, 4.69) is 25.7 Å². The van der Waals surface area contributed by atoms with Crippen LogP contribution in [0.5, 0.6) is 5.88 Å². The minimum Gasteiger partial charge on any atom is -0.388 e. The van der Waals surface area contributed by atoms with Crippen molar-refractivity contribution in [1.82, 2.24) is 4.98 Å². The first-order valence-corrected chi connectivity index (χ1v) is 5.58. The first-order valence-electron chi connectivity index (χ1n) is 4.46. The first-order chi connectivity index (χ1) is 8.60. The molecule has 0 N–H and O–H groups in total. The molecule has 0 atom stereocenters. The number of halogens is 7. The fraction of sp³-hybridized carbons (Fsp3) is 0.333. The van der Waals surface area contributed by atoms with Crippen molar-refractivity contribution in [3.8, 4) is 5.88 Å². The van der Waals surface area contributed by atoms with Crippen molar-refractivity contribution in [2.45, 2.75) is 17.9 Å². The summed E-state index contributed by atoms with van der Waals surface area (Å²) in [4.78, 5) is 13.6. The van der Waals surface area contributed by atoms with Crippen LogP contribution in [-0.2, 0) is 11.5 Å². The van der Waals surface area contributed by atoms with Gasteiger partial charge in [-0.1, -0.05) is 15.9 Å². The Morgan fingerprint density at radius 1 is 1.26 bits per heavy atom. The summed E-state index contributed by atoms with van der Waals surface area (Å²) >= 11 is 2.62. The highest BCUT2D eigenvalue weighted by atomic mass is 79.9. The van der Waals surface area contributed by atoms with Crippen LogP contribution in [0, 0.1) is 0 Å². The number of hydrogen-bond donors (Lipinski definition) is 0. The molecular weight excluding hydrogens is 348 g/mol. The summed E-state index contributed by atoms with van der Waals surface area (Å²) in [5, 5.41) is -0.609. The average Bonchev–Trinajstić information content (AvgIpc) is 2.25. The van der Waals surface area contributed by atoms with E-state index >= 15 is 0 Å². The molecule has 0 unspecified atom stereocenters. The van der Waals surface area contributed by atoms with Gasteiger partial charge in [0.2, 0.25) is 5.88 Å². The monoisotopic (exact) mass is 351 g/mol. The van der Waals surface area contributed by atoms with Gasteiger partial charge in [-0.05, 0) is 0 Å². The Bertz CT molecular complexity index is 485. The van der Waals surface area contributed by atoms with Crippen LogP contribution in [0.25, 0.3) is 0 Å². The molecular formula is C9H4BrF6NO2. The van der Waals surface area contributed by atoms with Gasteiger partial charge in [-0.25, -0.2) is 4.98 Å². The van der Waals surface area contributed by atoms with Gasteiger partial charge >= 0.3 is 12.5 Å². The number of carbonyl (C=O) groups excluding carboxylic acids is 1. The molecule has 3 nitrogen and oxygen atoms in total. The summed E-state index contributed by atoms with van der Waals surface area (Å²) in [6.45, 7) is 0. The average molecular weight is 352 g/mol. The Hall–Kier alpha value is -1.32. The van der Waals surface area contributed by atoms with Crippen LogP contribution in [-0.4, -0.2) is 17.6 Å². The van der Waals surface area contributed by atoms with Gasteiger partial charge in [0.05, 0.1) is 5.56 Å². The first kappa shape index (κ1) is 15.7. The van der Waals surface area contributed by atoms with E-state index in [1.54, 1.807) is 0 Å². The summed E-state index contributed by atoms with van der Waals surface area (Å²) in [5.41, 5.74) is -3.26. The predicted octanol–water partition coefficient (Wildman–Crippen LogP) is 3.71. The third-order valence-corrected chi connectivity index (χ3v) is 2.49. The van der Waals surface area contributed by atoms with E-state index in [-0.39, 0.29) is 6.29 Å². The van der Waals surface area contributed by atoms with Crippen LogP contribution in [0.1, 0.15) is 21.5 Å². The summed E-state index contributed by atoms with van der Waals surface area (Å²) in [7, 11) is 0. The van der Waals surface area contributed by atoms with Crippen molar-refractivity contribution < 1.29 is 35.9 Å². The molecule has 0 saturated carbocycles. The standard InChI is InChI=1S/C9H4BrF6NO2/c10-1-5-6(8(11,12)13)4(3-18)2-17-7(5)19-9(14,15)16/h2-3H,1H2. The van der Waals surface area contributed by atoms with E-state index in [1.807, 2.05) is 0 Å². The van der Waals surface area contributed by atoms with Gasteiger partial charge in [0.25, 0.3) is 0 Å². The number of rotatable bonds is 3. The molecule has 0 spiro atoms. The molecule has 0 saturated heterocycles. The lowest BCUT2D eigenvalue weighted by Crippen LogP contribution is -2.21. The number of aldehydes is 1. The normalized spacial score (nSPS) is 12.4. The lowest BCUT2D eigenvalue weighted by atomic mass is 10.1. The molecule has 0 fully saturated rings. The van der Waals surface area contributed by atoms with Crippen molar-refractivity contribution in [3.63, 3.8) is 0 Å². The molecule has 0 aliphatic heterocycles. The van der Waals surface area contributed by atoms with Crippen LogP contribution in [0.4, 0.5) is 26.3 Å². The maximum atomic E-state index is 12.8. The number of alkyl halides is 7. The molecule has 106 valence electrons. The van der Waals surface area contributed by atoms with Gasteiger partial charge < -0.3 is 4.74 Å². The second-order valence-electron chi connectivity index (χ2n) is 3.17. The van der Waals surface area contributed by atoms with Crippen molar-refractivity contribution in [3.05, 3.63) is 22.9 Å². The number of ether oxygens (including phenoxy) is 1. The van der Waals surface area contributed by atoms with Crippen molar-refractivity contribution >= 4 is 22.2 Å². The van der Waals surface area contributed by atoms with E-state index in [1.165, 1.54) is 0 Å². The van der Waals surface area contributed by atoms with Crippen LogP contribution >= 0.6 is 15.9 Å². The van der Waals surface area contributed by atoms with E-state index < -0.39 is 40.4 Å². The lowest BCUT2D eigenvalue weighted by molar-refractivity contribution is -0.276. The molecule has 0 aliphatic carbocycles. The highest BCUT2D eigenvalue weighted by molar-refractivity contribution is 9.08. The number of pyridine rings is 1. The zero-order valence-corrected chi connectivity index (χ0v) is 10.4. The highest BCUT2D eigenvalue weighted by Crippen LogP contribution is 2.39. The molecule has 1 aromatic rings. The Labute approximate surface area is 110 Å². The molecule has 1 rings (SSSR count). The van der Waals surface area contributed by atoms with Gasteiger partial charge in [-0.2, -0.15) is 13.2 Å². The molecule has 0 bridgehead atoms. The van der Waals surface area contributed by atoms with Crippen molar-refractivity contribution in [2.75, 3.05) is 0 Å². The number of hydrogen-bond acceptors (Lipinski definition) is 3. The van der Waals surface area contributed by atoms with Gasteiger partial charge in [-0.15, -0.1) is 13.2 Å². The molecule has 10 heteroatoms. The zero-order valence-electron chi connectivity index (χ0n) is 8.77. The molecule has 0 amide bonds. The van der Waals surface area contributed by atoms with Crippen LogP contribution in [0.2, 0.25) is 0 Å². The Balaban J connectivity index is 3.49. The molecule has 0 aromatic carbocycles. The van der Waals surface area contributed by atoms with Crippen LogP contribution < -0.4 is 4.74 Å². The molecule has 0 aliphatic rings. The fourth-order valence-corrected chi connectivity index (χ4v) is 1.82. The maximum absolute atomic E-state index is 12.8. The summed E-state index contributed by atoms with van der Waals surface area (Å²) in [6, 6.07) is 0. The van der Waals surface area contributed by atoms with Gasteiger partial charge in [0, 0.05) is 22.7 Å². The highest BCUT2D eigenvalue weighted by Gasteiger charge is 2.40. The van der Waals surface area contributed by atoms with Crippen LogP contribution in [0.3, 0.4) is 0 Å². The topological polar surface area (TPSA) is 39.2 Å². The SMILES string of the molecule is O=Cc1cnc(OC(F)(F)F)c(CBr)c1C(F)(F)F. The van der Waals surface area contributed by atoms with E-state index in [0.717, 1.165) is 0 Å². The predicted molar refractivity (Wildman–Crippen MR) is 53.9 cm³/mol. The summed E-state index contributed by atoms with van der Waals surface area (Å²) < 4.78 is 77.8. The minimum absolute atomic E-state index is 0.140. The third kappa shape index (κ3) is 3.82. The maximum Gasteiger partial charge on any atom is 0.574 e. The molecule has 1 aromatic heterocycles. The van der Waals surface area contributed by atoms with Crippen molar-refractivity contribution in [2.24, 2.45) is 0 Å². The zero-order chi connectivity index (χ0) is 14.8. The molecule has 1 heterocycles. The van der Waals surface area contributed by atoms with E-state index in [9.17, 15) is 31.1 Å². The van der Waals surface area contributed by atoms with E-state index in [0.29, 0.717) is 6.20 Å². The largest absolute Gasteiger partial charge is 0.574 e. The Kier molecular flexibility index (Phi) is 4.43. The number of nitrogens with zero attached hydrogens (tertiary/aromatic N) is 1. The number of carbonyl (C=O) groups is 1. The second-order valence-corrected chi connectivity index (χ2v) is 3.73. The van der Waals surface area contributed by atoms with Gasteiger partial charge in [0.15, 0.2) is 6.29 Å². The Morgan fingerprint density at radius 3 is 2.21 bits per heavy atom. The Morgan fingerprint density at radius 2 is 1.84 bits per heavy atom. The van der Waals surface area contributed by atoms with E-state index in [4.69, 9.17) is 0 Å². The molecule has 0 radical (unpaired) electrons. The number of aromatic nitrogens is 1. The minimum atomic E-state index is -5.19. The third-order valence-electron chi connectivity index (χ3n) is 1.93. The van der Waals surface area contributed by atoms with Crippen molar-refractivity contribution in [1.29, 1.82) is 0 Å². The summed E-state index contributed by atoms with van der Waals surface area (Å²) in [5.74, 6) is -1.25. The van der Waals surface area contributed by atoms with Gasteiger partial charge in [0.1, 0.15) is 0 Å². The lowest BCUT2D eigenvalue weighted by Gasteiger charge is -2.17. The quantitative estimate of drug-likeness (QED) is 0.473. The molecule has 19 heavy (non-hydrogen) atoms. The smallest absolute Gasteiger partial charge is 0.388 e. The fourth-order valence-electron chi connectivity index (χ4n) is 1.30. The second kappa shape index (κ2) is 5.35. The van der Waals surface area contributed by atoms with Crippen LogP contribution in [0.15, 0.2) is 6.20 Å². The summed E-state index contributed by atoms with van der Waals surface area (Å²) in [6.07, 6.45) is -9.95. The van der Waals surface area contributed by atoms with Gasteiger partial charge in [-0.3, -0.25) is 4.79 Å².